The van der Waals surface area contributed by atoms with E-state index >= 15 is 0 Å². The molecule has 3 heteroatoms. The van der Waals surface area contributed by atoms with E-state index in [4.69, 9.17) is 13.3 Å². The average molecular weight is 1610 g/mol. The molecule has 27 rings (SSSR count). The first-order chi connectivity index (χ1) is 63.0. The van der Waals surface area contributed by atoms with Crippen LogP contribution in [-0.4, -0.2) is 0 Å². The minimum absolute atomic E-state index is 0.913. The second-order valence-electron chi connectivity index (χ2n) is 33.4. The van der Waals surface area contributed by atoms with Gasteiger partial charge in [-0.25, -0.2) is 0 Å². The molecule has 0 fully saturated rings. The highest BCUT2D eigenvalue weighted by Gasteiger charge is 2.26. The third-order valence-electron chi connectivity index (χ3n) is 26.3. The van der Waals surface area contributed by atoms with Crippen LogP contribution < -0.4 is 0 Å². The first kappa shape index (κ1) is 73.0. The van der Waals surface area contributed by atoms with Gasteiger partial charge in [0.1, 0.15) is 33.5 Å². The molecule has 0 atom stereocenters. The van der Waals surface area contributed by atoms with Gasteiger partial charge in [-0.1, -0.05) is 394 Å². The molecule has 3 nitrogen and oxygen atoms in total. The topological polar surface area (TPSA) is 39.4 Å². The van der Waals surface area contributed by atoms with E-state index in [2.05, 4.69) is 461 Å². The Labute approximate surface area is 731 Å². The van der Waals surface area contributed by atoms with E-state index in [-0.39, 0.29) is 0 Å². The Kier molecular flexibility index (Phi) is 17.3. The van der Waals surface area contributed by atoms with E-state index in [1.807, 2.05) is 0 Å². The Morgan fingerprint density at radius 3 is 0.811 bits per heavy atom. The molecule has 0 spiro atoms. The zero-order chi connectivity index (χ0) is 83.6. The van der Waals surface area contributed by atoms with E-state index in [9.17, 15) is 0 Å². The summed E-state index contributed by atoms with van der Waals surface area (Å²) in [6.45, 7) is 0. The second kappa shape index (κ2) is 30.1. The standard InChI is InChI=1S/2C42H26O.C40H24O/c1-2-11-27(12-3-1)28-21-23-29(24-22-28)40-32-15-6-8-17-34(32)41(35-18-9-7-16-33(35)40)36-19-10-20-38-42(36)37-25-30-13-4-5-14-31(30)26-39(37)43-38;1-2-12-27(13-3-1)31-16-6-7-17-32(31)42-35-20-10-8-18-33(35)41(34-19-9-11-21-36(34)42)30-22-23-39-37(25-30)38-24-28-14-4-5-15-29(28)26-40(38)43-39;1-2-11-26-22-29(21-20-25(26)10-1)38-30-14-5-7-16-32(30)39(33-17-8-6-15-31(33)38)34-18-9-19-36-40(34)35-23-27-12-3-4-13-28(27)24-37(35)41-36/h2*1-26H;1-24H. The summed E-state index contributed by atoms with van der Waals surface area (Å²) in [5.41, 5.74) is 25.3. The first-order valence-electron chi connectivity index (χ1n) is 43.6. The van der Waals surface area contributed by atoms with Crippen molar-refractivity contribution in [1.29, 1.82) is 0 Å². The minimum atomic E-state index is 0.913. The van der Waals surface area contributed by atoms with E-state index in [1.165, 1.54) is 208 Å². The Balaban J connectivity index is 0.000000104. The summed E-state index contributed by atoms with van der Waals surface area (Å²) in [5.74, 6) is 0. The fourth-order valence-corrected chi connectivity index (χ4v) is 20.6. The summed E-state index contributed by atoms with van der Waals surface area (Å²) in [6, 6.07) is 166. The lowest BCUT2D eigenvalue weighted by atomic mass is 9.83. The number of fused-ring (bicyclic) bond motifs is 19. The minimum Gasteiger partial charge on any atom is -0.456 e. The van der Waals surface area contributed by atoms with Gasteiger partial charge in [0, 0.05) is 32.3 Å². The summed E-state index contributed by atoms with van der Waals surface area (Å²) in [7, 11) is 0. The van der Waals surface area contributed by atoms with Crippen molar-refractivity contribution in [2.75, 3.05) is 0 Å². The molecular formula is C124H76O3. The molecule has 3 aromatic heterocycles. The monoisotopic (exact) mass is 1610 g/mol. The molecule has 24 aromatic carbocycles. The van der Waals surface area contributed by atoms with E-state index < -0.39 is 0 Å². The Hall–Kier alpha value is -16.7. The van der Waals surface area contributed by atoms with Crippen molar-refractivity contribution in [2.45, 2.75) is 0 Å². The van der Waals surface area contributed by atoms with Crippen molar-refractivity contribution in [3.05, 3.63) is 461 Å². The van der Waals surface area contributed by atoms with Crippen LogP contribution >= 0.6 is 0 Å². The molecule has 0 N–H and O–H groups in total. The number of benzene rings is 24. The molecule has 127 heavy (non-hydrogen) atoms. The number of hydrogen-bond acceptors (Lipinski definition) is 3. The van der Waals surface area contributed by atoms with Crippen LogP contribution in [0.5, 0.6) is 0 Å². The van der Waals surface area contributed by atoms with Crippen molar-refractivity contribution < 1.29 is 13.3 Å². The molecule has 0 amide bonds. The smallest absolute Gasteiger partial charge is 0.136 e. The van der Waals surface area contributed by atoms with Gasteiger partial charge in [-0.3, -0.25) is 0 Å². The molecule has 0 saturated heterocycles. The molecule has 0 aliphatic carbocycles. The maximum absolute atomic E-state index is 6.49. The molecule has 0 unspecified atom stereocenters. The molecule has 0 aliphatic rings. The predicted molar refractivity (Wildman–Crippen MR) is 540 cm³/mol. The normalized spacial score (nSPS) is 11.8. The molecule has 0 radical (unpaired) electrons. The van der Waals surface area contributed by atoms with Gasteiger partial charge in [0.15, 0.2) is 0 Å². The maximum atomic E-state index is 6.49. The van der Waals surface area contributed by atoms with Gasteiger partial charge in [-0.05, 0) is 263 Å². The Morgan fingerprint density at radius 1 is 0.110 bits per heavy atom. The predicted octanol–water partition coefficient (Wildman–Crippen LogP) is 35.6. The van der Waals surface area contributed by atoms with Gasteiger partial charge in [0.25, 0.3) is 0 Å². The number of hydrogen-bond donors (Lipinski definition) is 0. The fourth-order valence-electron chi connectivity index (χ4n) is 20.6. The lowest BCUT2D eigenvalue weighted by Gasteiger charge is -2.19. The summed E-state index contributed by atoms with van der Waals surface area (Å²) in [4.78, 5) is 0. The highest BCUT2D eigenvalue weighted by Crippen LogP contribution is 2.53. The van der Waals surface area contributed by atoms with Gasteiger partial charge in [-0.2, -0.15) is 0 Å². The van der Waals surface area contributed by atoms with Gasteiger partial charge in [0.05, 0.1) is 0 Å². The van der Waals surface area contributed by atoms with Crippen molar-refractivity contribution in [3.63, 3.8) is 0 Å². The quantitative estimate of drug-likeness (QED) is 0.142. The molecule has 0 aliphatic heterocycles. The van der Waals surface area contributed by atoms with Crippen LogP contribution in [0.3, 0.4) is 0 Å². The highest BCUT2D eigenvalue weighted by molar-refractivity contribution is 6.30. The Morgan fingerprint density at radius 2 is 0.378 bits per heavy atom. The molecule has 27 aromatic rings. The van der Waals surface area contributed by atoms with Crippen molar-refractivity contribution >= 4 is 174 Å². The highest BCUT2D eigenvalue weighted by atomic mass is 16.3. The number of furan rings is 3. The largest absolute Gasteiger partial charge is 0.456 e. The van der Waals surface area contributed by atoms with E-state index in [0.717, 1.165) is 55.0 Å². The van der Waals surface area contributed by atoms with Crippen molar-refractivity contribution in [3.8, 4) is 89.0 Å². The summed E-state index contributed by atoms with van der Waals surface area (Å²) >= 11 is 0. The zero-order valence-electron chi connectivity index (χ0n) is 69.1. The third kappa shape index (κ3) is 12.3. The zero-order valence-corrected chi connectivity index (χ0v) is 69.1. The lowest BCUT2D eigenvalue weighted by Crippen LogP contribution is -1.92. The average Bonchev–Trinajstić information content (AvgIpc) is 1.62. The van der Waals surface area contributed by atoms with Crippen LogP contribution in [0, 0.1) is 0 Å². The van der Waals surface area contributed by atoms with E-state index in [0.29, 0.717) is 0 Å². The SMILES string of the molecule is c1ccc(-c2ccc(-c3c4ccccc4c(-c4cccc5oc6cc7ccccc7cc6c45)c4ccccc34)cc2)cc1.c1ccc(-c2ccccc2-c2c3ccccc3c(-c3ccc4oc5cc6ccccc6cc5c4c3)c3ccccc23)cc1.c1ccc2cc(-c3c4ccccc4c(-c4cccc5oc6cc7ccccc7cc6c45)c4ccccc34)ccc2c1. The summed E-state index contributed by atoms with van der Waals surface area (Å²) in [5, 5.41) is 31.7. The summed E-state index contributed by atoms with van der Waals surface area (Å²) < 4.78 is 19.3. The van der Waals surface area contributed by atoms with Gasteiger partial charge in [-0.15, -0.1) is 0 Å². The molecule has 3 heterocycles. The van der Waals surface area contributed by atoms with Crippen LogP contribution in [0.4, 0.5) is 0 Å². The van der Waals surface area contributed by atoms with Gasteiger partial charge < -0.3 is 13.3 Å². The van der Waals surface area contributed by atoms with Crippen LogP contribution in [0.15, 0.2) is 474 Å². The van der Waals surface area contributed by atoms with Crippen molar-refractivity contribution in [1.82, 2.24) is 0 Å². The molecule has 0 saturated carbocycles. The van der Waals surface area contributed by atoms with Crippen molar-refractivity contribution in [2.24, 2.45) is 0 Å². The Bertz CT molecular complexity index is 8970. The first-order valence-corrected chi connectivity index (χ1v) is 43.6. The van der Waals surface area contributed by atoms with Crippen LogP contribution in [0.1, 0.15) is 0 Å². The molecule has 590 valence electrons. The van der Waals surface area contributed by atoms with E-state index in [1.54, 1.807) is 0 Å². The molecule has 0 bridgehead atoms. The molecular weight excluding hydrogens is 1540 g/mol. The summed E-state index contributed by atoms with van der Waals surface area (Å²) in [6.07, 6.45) is 0. The lowest BCUT2D eigenvalue weighted by molar-refractivity contribution is 0.669. The van der Waals surface area contributed by atoms with Gasteiger partial charge in [0.2, 0.25) is 0 Å². The fraction of sp³-hybridized carbons (Fsp3) is 0. The second-order valence-corrected chi connectivity index (χ2v) is 33.4. The van der Waals surface area contributed by atoms with Gasteiger partial charge >= 0.3 is 0 Å². The number of rotatable bonds is 8. The van der Waals surface area contributed by atoms with Crippen LogP contribution in [0.2, 0.25) is 0 Å². The van der Waals surface area contributed by atoms with Crippen LogP contribution in [0.25, 0.3) is 263 Å². The third-order valence-corrected chi connectivity index (χ3v) is 26.3. The maximum Gasteiger partial charge on any atom is 0.136 e. The van der Waals surface area contributed by atoms with Crippen LogP contribution in [-0.2, 0) is 0 Å².